The van der Waals surface area contributed by atoms with Crippen LogP contribution in [0.5, 0.6) is 0 Å². The van der Waals surface area contributed by atoms with Gasteiger partial charge in [0, 0.05) is 25.5 Å². The zero-order chi connectivity index (χ0) is 32.1. The van der Waals surface area contributed by atoms with E-state index in [0.29, 0.717) is 12.0 Å². The molecule has 238 valence electrons. The van der Waals surface area contributed by atoms with Crippen LogP contribution >= 0.6 is 0 Å². The van der Waals surface area contributed by atoms with E-state index in [2.05, 4.69) is 15.6 Å². The summed E-state index contributed by atoms with van der Waals surface area (Å²) < 4.78 is 5.39. The molecule has 2 amide bonds. The zero-order valence-electron chi connectivity index (χ0n) is 25.4. The zero-order valence-corrected chi connectivity index (χ0v) is 25.4. The first-order chi connectivity index (χ1) is 21.0. The molecule has 0 aliphatic carbocycles. The molecule has 0 radical (unpaired) electrons. The van der Waals surface area contributed by atoms with Crippen molar-refractivity contribution >= 4 is 12.2 Å². The fraction of sp³-hybridized carbons (Fsp3) is 0.424. The van der Waals surface area contributed by atoms with Crippen LogP contribution in [-0.2, 0) is 17.6 Å². The van der Waals surface area contributed by atoms with E-state index in [9.17, 15) is 30.0 Å². The van der Waals surface area contributed by atoms with Crippen LogP contribution in [0.1, 0.15) is 43.5 Å². The molecule has 3 rings (SSSR count). The van der Waals surface area contributed by atoms with Gasteiger partial charge < -0.3 is 45.5 Å². The first-order valence-electron chi connectivity index (χ1n) is 14.6. The van der Waals surface area contributed by atoms with Crippen molar-refractivity contribution in [2.24, 2.45) is 0 Å². The SMILES string of the molecule is CC(C)(C)OC(=O)N[C@@H](Cc1ccccc1)[C@H](O)CNC[C@@H](O)[C@H](Cc1ccccc1)N(C(=O)[O-])C(CO)c1cccnc1. The van der Waals surface area contributed by atoms with E-state index in [4.69, 9.17) is 4.74 Å². The summed E-state index contributed by atoms with van der Waals surface area (Å²) in [5.74, 6) is 0. The van der Waals surface area contributed by atoms with Crippen molar-refractivity contribution in [1.82, 2.24) is 20.5 Å². The van der Waals surface area contributed by atoms with Gasteiger partial charge in [0.1, 0.15) is 11.7 Å². The summed E-state index contributed by atoms with van der Waals surface area (Å²) in [4.78, 5) is 30.1. The molecule has 11 nitrogen and oxygen atoms in total. The van der Waals surface area contributed by atoms with Crippen molar-refractivity contribution < 1.29 is 34.8 Å². The van der Waals surface area contributed by atoms with Gasteiger partial charge in [0.05, 0.1) is 36.9 Å². The predicted molar refractivity (Wildman–Crippen MR) is 163 cm³/mol. The number of pyridine rings is 1. The number of alkyl carbamates (subject to hydrolysis) is 1. The Hall–Kier alpha value is -4.03. The van der Waals surface area contributed by atoms with Gasteiger partial charge in [-0.3, -0.25) is 4.98 Å². The van der Waals surface area contributed by atoms with Crippen molar-refractivity contribution in [1.29, 1.82) is 0 Å². The number of benzene rings is 2. The van der Waals surface area contributed by atoms with E-state index >= 15 is 0 Å². The summed E-state index contributed by atoms with van der Waals surface area (Å²) in [5, 5.41) is 51.0. The van der Waals surface area contributed by atoms with Gasteiger partial charge in [0.2, 0.25) is 0 Å². The molecular weight excluding hydrogens is 564 g/mol. The summed E-state index contributed by atoms with van der Waals surface area (Å²) in [7, 11) is 0. The van der Waals surface area contributed by atoms with Crippen LogP contribution in [0.15, 0.2) is 85.2 Å². The minimum Gasteiger partial charge on any atom is -0.530 e. The van der Waals surface area contributed by atoms with E-state index in [1.54, 1.807) is 32.9 Å². The molecular formula is C33H43N4O7-. The maximum absolute atomic E-state index is 12.6. The first-order valence-corrected chi connectivity index (χ1v) is 14.6. The Kier molecular flexibility index (Phi) is 13.1. The highest BCUT2D eigenvalue weighted by Gasteiger charge is 2.33. The second-order valence-corrected chi connectivity index (χ2v) is 11.7. The third-order valence-corrected chi connectivity index (χ3v) is 7.05. The fourth-order valence-corrected chi connectivity index (χ4v) is 4.96. The Balaban J connectivity index is 1.77. The lowest BCUT2D eigenvalue weighted by atomic mass is 9.96. The minimum absolute atomic E-state index is 0.0280. The largest absolute Gasteiger partial charge is 0.530 e. The lowest BCUT2D eigenvalue weighted by molar-refractivity contribution is -0.273. The summed E-state index contributed by atoms with van der Waals surface area (Å²) in [6, 6.07) is 19.0. The highest BCUT2D eigenvalue weighted by molar-refractivity contribution is 5.68. The smallest absolute Gasteiger partial charge is 0.407 e. The number of carbonyl (C=O) groups is 2. The molecule has 1 heterocycles. The number of carboxylic acid groups (broad SMARTS) is 1. The summed E-state index contributed by atoms with van der Waals surface area (Å²) in [6.45, 7) is 4.55. The van der Waals surface area contributed by atoms with E-state index in [1.165, 1.54) is 12.4 Å². The van der Waals surface area contributed by atoms with Crippen molar-refractivity contribution in [3.8, 4) is 0 Å². The van der Waals surface area contributed by atoms with Gasteiger partial charge >= 0.3 is 6.09 Å². The Morgan fingerprint density at radius 2 is 1.50 bits per heavy atom. The lowest BCUT2D eigenvalue weighted by Gasteiger charge is -2.42. The standard InChI is InChI=1S/C33H44N4O7/c1-33(2,3)44-31(41)36-26(17-23-11-6-4-7-12-23)29(39)20-35-21-30(40)27(18-24-13-8-5-9-14-24)37(32(42)43)28(22-38)25-15-10-16-34-19-25/h4-16,19,26-30,35,38-40H,17-18,20-22H2,1-3H3,(H,36,41)(H,42,43)/p-1/t26-,27-,28?,29+,30+/m0/s1. The molecule has 0 saturated heterocycles. The second kappa shape index (κ2) is 16.7. The number of nitrogens with one attached hydrogen (secondary N) is 2. The lowest BCUT2D eigenvalue weighted by Crippen LogP contribution is -2.57. The Labute approximate surface area is 258 Å². The van der Waals surface area contributed by atoms with E-state index in [0.717, 1.165) is 16.0 Å². The van der Waals surface area contributed by atoms with Crippen molar-refractivity contribution in [3.05, 3.63) is 102 Å². The maximum Gasteiger partial charge on any atom is 0.407 e. The molecule has 0 bridgehead atoms. The van der Waals surface area contributed by atoms with Gasteiger partial charge in [-0.25, -0.2) is 4.79 Å². The van der Waals surface area contributed by atoms with Gasteiger partial charge in [-0.1, -0.05) is 66.7 Å². The summed E-state index contributed by atoms with van der Waals surface area (Å²) >= 11 is 0. The minimum atomic E-state index is -1.56. The van der Waals surface area contributed by atoms with Crippen LogP contribution in [0.2, 0.25) is 0 Å². The number of nitrogens with zero attached hydrogens (tertiary/aromatic N) is 2. The average Bonchev–Trinajstić information content (AvgIpc) is 2.98. The van der Waals surface area contributed by atoms with E-state index in [1.807, 2.05) is 60.7 Å². The number of amides is 2. The Bertz CT molecular complexity index is 1280. The van der Waals surface area contributed by atoms with Crippen LogP contribution in [0, 0.1) is 0 Å². The number of aliphatic hydroxyl groups excluding tert-OH is 3. The van der Waals surface area contributed by atoms with Gasteiger partial charge in [-0.2, -0.15) is 0 Å². The molecule has 1 unspecified atom stereocenters. The second-order valence-electron chi connectivity index (χ2n) is 11.7. The van der Waals surface area contributed by atoms with Crippen molar-refractivity contribution in [2.45, 2.75) is 69.5 Å². The molecule has 11 heteroatoms. The summed E-state index contributed by atoms with van der Waals surface area (Å²) in [5.41, 5.74) is 1.39. The van der Waals surface area contributed by atoms with Gasteiger partial charge in [0.15, 0.2) is 0 Å². The molecule has 5 atom stereocenters. The van der Waals surface area contributed by atoms with Crippen LogP contribution in [0.4, 0.5) is 9.59 Å². The Morgan fingerprint density at radius 3 is 2.02 bits per heavy atom. The predicted octanol–water partition coefficient (Wildman–Crippen LogP) is 1.82. The maximum atomic E-state index is 12.6. The molecule has 0 aliphatic rings. The van der Waals surface area contributed by atoms with E-state index in [-0.39, 0.29) is 19.5 Å². The van der Waals surface area contributed by atoms with E-state index < -0.39 is 54.7 Å². The first kappa shape index (κ1) is 34.5. The quantitative estimate of drug-likeness (QED) is 0.173. The van der Waals surface area contributed by atoms with Crippen molar-refractivity contribution in [2.75, 3.05) is 19.7 Å². The monoisotopic (exact) mass is 607 g/mol. The number of ether oxygens (including phenoxy) is 1. The van der Waals surface area contributed by atoms with Crippen LogP contribution in [0.3, 0.4) is 0 Å². The number of aromatic nitrogens is 1. The number of carbonyl (C=O) groups excluding carboxylic acids is 2. The highest BCUT2D eigenvalue weighted by Crippen LogP contribution is 2.25. The van der Waals surface area contributed by atoms with Gasteiger partial charge in [-0.05, 0) is 56.4 Å². The third kappa shape index (κ3) is 10.9. The molecule has 5 N–H and O–H groups in total. The summed E-state index contributed by atoms with van der Waals surface area (Å²) in [6.07, 6.45) is -1.12. The number of aliphatic hydroxyl groups is 3. The van der Waals surface area contributed by atoms with Crippen molar-refractivity contribution in [3.63, 3.8) is 0 Å². The third-order valence-electron chi connectivity index (χ3n) is 7.05. The molecule has 2 aromatic carbocycles. The van der Waals surface area contributed by atoms with Gasteiger partial charge in [0.25, 0.3) is 0 Å². The molecule has 0 fully saturated rings. The molecule has 0 aliphatic heterocycles. The normalized spacial score (nSPS) is 15.0. The molecule has 0 saturated carbocycles. The fourth-order valence-electron chi connectivity index (χ4n) is 4.96. The number of hydrogen-bond donors (Lipinski definition) is 5. The highest BCUT2D eigenvalue weighted by atomic mass is 16.6. The molecule has 1 aromatic heterocycles. The number of hydrogen-bond acceptors (Lipinski definition) is 9. The van der Waals surface area contributed by atoms with Crippen LogP contribution < -0.4 is 15.7 Å². The molecule has 3 aromatic rings. The molecule has 44 heavy (non-hydrogen) atoms. The Morgan fingerprint density at radius 1 is 0.909 bits per heavy atom. The van der Waals surface area contributed by atoms with Crippen LogP contribution in [0.25, 0.3) is 0 Å². The van der Waals surface area contributed by atoms with Gasteiger partial charge in [-0.15, -0.1) is 0 Å². The topological polar surface area (TPSA) is 167 Å². The molecule has 0 spiro atoms. The average molecular weight is 608 g/mol. The number of rotatable bonds is 15. The van der Waals surface area contributed by atoms with Crippen LogP contribution in [-0.4, -0.2) is 87.0 Å².